The Morgan fingerprint density at radius 2 is 2.00 bits per heavy atom. The molecule has 0 fully saturated rings. The normalized spacial score (nSPS) is 11.6. The molecule has 1 unspecified atom stereocenters. The van der Waals surface area contributed by atoms with E-state index in [0.29, 0.717) is 25.1 Å². The molecular formula is C15H23BClFN6O3. The summed E-state index contributed by atoms with van der Waals surface area (Å²) in [6.07, 6.45) is 2.14. The predicted molar refractivity (Wildman–Crippen MR) is 99.1 cm³/mol. The van der Waals surface area contributed by atoms with Crippen molar-refractivity contribution < 1.29 is 19.2 Å². The number of amides is 1. The zero-order valence-corrected chi connectivity index (χ0v) is 15.5. The Balaban J connectivity index is 0.00000364. The summed E-state index contributed by atoms with van der Waals surface area (Å²) >= 11 is 0. The molecule has 5 N–H and O–H groups in total. The lowest BCUT2D eigenvalue weighted by molar-refractivity contribution is -0.122. The number of hydrogen-bond donors (Lipinski definition) is 4. The lowest BCUT2D eigenvalue weighted by Gasteiger charge is -2.12. The van der Waals surface area contributed by atoms with Gasteiger partial charge in [0.05, 0.1) is 6.04 Å². The third-order valence-electron chi connectivity index (χ3n) is 3.82. The van der Waals surface area contributed by atoms with Crippen LogP contribution in [0.2, 0.25) is 6.32 Å². The summed E-state index contributed by atoms with van der Waals surface area (Å²) in [4.78, 5) is 12.1. The number of tetrazole rings is 1. The first-order chi connectivity index (χ1) is 12.5. The van der Waals surface area contributed by atoms with E-state index in [1.54, 1.807) is 12.1 Å². The standard InChI is InChI=1S/C15H22BFN6O3.ClH/c17-12-6-4-11(5-7-12)9-19-14(24)10-23-15(20-21-22-23)13(18)3-1-2-8-16(25)26;/h4-7,13,25-26H,1-3,8-10,18H2,(H,19,24);1H. The van der Waals surface area contributed by atoms with Gasteiger partial charge in [0.2, 0.25) is 5.91 Å². The quantitative estimate of drug-likeness (QED) is 0.330. The molecule has 0 radical (unpaired) electrons. The van der Waals surface area contributed by atoms with Gasteiger partial charge in [0.25, 0.3) is 0 Å². The van der Waals surface area contributed by atoms with Crippen molar-refractivity contribution in [3.05, 3.63) is 41.5 Å². The Morgan fingerprint density at radius 3 is 2.67 bits per heavy atom. The van der Waals surface area contributed by atoms with E-state index in [1.807, 2.05) is 0 Å². The van der Waals surface area contributed by atoms with E-state index in [2.05, 4.69) is 20.8 Å². The molecule has 2 rings (SSSR count). The smallest absolute Gasteiger partial charge is 0.427 e. The highest BCUT2D eigenvalue weighted by molar-refractivity contribution is 6.40. The van der Waals surface area contributed by atoms with Crippen molar-refractivity contribution >= 4 is 25.4 Å². The Kier molecular flexibility index (Phi) is 9.87. The first kappa shape index (κ1) is 23.0. The largest absolute Gasteiger partial charge is 0.451 e. The van der Waals surface area contributed by atoms with Crippen LogP contribution < -0.4 is 11.1 Å². The number of nitrogens with two attached hydrogens (primary N) is 1. The molecule has 27 heavy (non-hydrogen) atoms. The lowest BCUT2D eigenvalue weighted by Crippen LogP contribution is -2.29. The number of nitrogens with zero attached hydrogens (tertiary/aromatic N) is 4. The molecule has 0 aliphatic carbocycles. The Bertz CT molecular complexity index is 703. The maximum Gasteiger partial charge on any atom is 0.451 e. The average Bonchev–Trinajstić information content (AvgIpc) is 3.06. The summed E-state index contributed by atoms with van der Waals surface area (Å²) in [7, 11) is -1.32. The van der Waals surface area contributed by atoms with Gasteiger partial charge < -0.3 is 21.1 Å². The number of rotatable bonds is 10. The zero-order valence-electron chi connectivity index (χ0n) is 14.7. The molecule has 0 bridgehead atoms. The van der Waals surface area contributed by atoms with Gasteiger partial charge in [0, 0.05) is 6.54 Å². The van der Waals surface area contributed by atoms with E-state index >= 15 is 0 Å². The van der Waals surface area contributed by atoms with Crippen molar-refractivity contribution in [1.29, 1.82) is 0 Å². The summed E-state index contributed by atoms with van der Waals surface area (Å²) in [6, 6.07) is 5.39. The topological polar surface area (TPSA) is 139 Å². The van der Waals surface area contributed by atoms with Gasteiger partial charge in [-0.25, -0.2) is 9.07 Å². The second-order valence-corrected chi connectivity index (χ2v) is 5.97. The van der Waals surface area contributed by atoms with Crippen LogP contribution in [0, 0.1) is 5.82 Å². The summed E-state index contributed by atoms with van der Waals surface area (Å²) in [6.45, 7) is 0.193. The molecule has 1 aromatic heterocycles. The molecule has 2 aromatic rings. The molecule has 0 saturated heterocycles. The van der Waals surface area contributed by atoms with Crippen LogP contribution in [0.25, 0.3) is 0 Å². The Morgan fingerprint density at radius 1 is 1.30 bits per heavy atom. The number of halogens is 2. The maximum absolute atomic E-state index is 12.9. The van der Waals surface area contributed by atoms with Gasteiger partial charge in [-0.1, -0.05) is 25.0 Å². The van der Waals surface area contributed by atoms with Crippen LogP contribution in [-0.2, 0) is 17.9 Å². The van der Waals surface area contributed by atoms with E-state index in [9.17, 15) is 9.18 Å². The first-order valence-electron chi connectivity index (χ1n) is 8.34. The fourth-order valence-electron chi connectivity index (χ4n) is 2.40. The van der Waals surface area contributed by atoms with Gasteiger partial charge >= 0.3 is 7.12 Å². The first-order valence-corrected chi connectivity index (χ1v) is 8.34. The van der Waals surface area contributed by atoms with Crippen LogP contribution >= 0.6 is 12.4 Å². The SMILES string of the molecule is Cl.NC(CCCCB(O)O)c1nnnn1CC(=O)NCc1ccc(F)cc1. The number of benzene rings is 1. The van der Waals surface area contributed by atoms with Gasteiger partial charge in [0.15, 0.2) is 5.82 Å². The minimum absolute atomic E-state index is 0. The molecule has 1 heterocycles. The number of carbonyl (C=O) groups excluding carboxylic acids is 1. The van der Waals surface area contributed by atoms with E-state index in [-0.39, 0.29) is 43.5 Å². The van der Waals surface area contributed by atoms with Crippen LogP contribution in [-0.4, -0.2) is 43.3 Å². The highest BCUT2D eigenvalue weighted by atomic mass is 35.5. The van der Waals surface area contributed by atoms with E-state index in [4.69, 9.17) is 15.8 Å². The van der Waals surface area contributed by atoms with Crippen LogP contribution in [0.1, 0.15) is 36.7 Å². The molecule has 1 aromatic carbocycles. The third kappa shape index (κ3) is 8.00. The van der Waals surface area contributed by atoms with Crippen molar-refractivity contribution in [3.8, 4) is 0 Å². The zero-order chi connectivity index (χ0) is 18.9. The second-order valence-electron chi connectivity index (χ2n) is 5.97. The molecule has 0 spiro atoms. The van der Waals surface area contributed by atoms with Crippen molar-refractivity contribution in [1.82, 2.24) is 25.5 Å². The minimum atomic E-state index is -1.32. The predicted octanol–water partition coefficient (Wildman–Crippen LogP) is 0.193. The minimum Gasteiger partial charge on any atom is -0.427 e. The Hall–Kier alpha value is -2.08. The van der Waals surface area contributed by atoms with Crippen LogP contribution in [0.15, 0.2) is 24.3 Å². The molecule has 1 atom stereocenters. The number of aromatic nitrogens is 4. The van der Waals surface area contributed by atoms with Gasteiger partial charge in [-0.15, -0.1) is 17.5 Å². The van der Waals surface area contributed by atoms with Crippen LogP contribution in [0.5, 0.6) is 0 Å². The van der Waals surface area contributed by atoms with Crippen molar-refractivity contribution in [2.24, 2.45) is 5.73 Å². The van der Waals surface area contributed by atoms with Crippen LogP contribution in [0.4, 0.5) is 4.39 Å². The van der Waals surface area contributed by atoms with E-state index < -0.39 is 13.2 Å². The molecule has 12 heteroatoms. The number of nitrogens with one attached hydrogen (secondary N) is 1. The number of carbonyl (C=O) groups is 1. The molecule has 1 amide bonds. The highest BCUT2D eigenvalue weighted by Gasteiger charge is 2.17. The molecular weight excluding hydrogens is 377 g/mol. The van der Waals surface area contributed by atoms with E-state index in [0.717, 1.165) is 5.56 Å². The fraction of sp³-hybridized carbons (Fsp3) is 0.467. The monoisotopic (exact) mass is 400 g/mol. The Labute approximate surface area is 162 Å². The average molecular weight is 401 g/mol. The number of unbranched alkanes of at least 4 members (excludes halogenated alkanes) is 1. The molecule has 9 nitrogen and oxygen atoms in total. The third-order valence-corrected chi connectivity index (χ3v) is 3.82. The molecule has 148 valence electrons. The maximum atomic E-state index is 12.9. The van der Waals surface area contributed by atoms with Gasteiger partial charge in [-0.3, -0.25) is 4.79 Å². The molecule has 0 aliphatic heterocycles. The fourth-order valence-corrected chi connectivity index (χ4v) is 2.40. The second kappa shape index (κ2) is 11.6. The van der Waals surface area contributed by atoms with Crippen LogP contribution in [0.3, 0.4) is 0 Å². The lowest BCUT2D eigenvalue weighted by atomic mass is 9.83. The summed E-state index contributed by atoms with van der Waals surface area (Å²) in [5, 5.41) is 31.6. The van der Waals surface area contributed by atoms with Crippen molar-refractivity contribution in [3.63, 3.8) is 0 Å². The van der Waals surface area contributed by atoms with Gasteiger partial charge in [0.1, 0.15) is 12.4 Å². The van der Waals surface area contributed by atoms with Gasteiger partial charge in [-0.05, 0) is 40.9 Å². The van der Waals surface area contributed by atoms with E-state index in [1.165, 1.54) is 16.8 Å². The molecule has 0 saturated carbocycles. The summed E-state index contributed by atoms with van der Waals surface area (Å²) in [5.74, 6) is -0.231. The van der Waals surface area contributed by atoms with Gasteiger partial charge in [-0.2, -0.15) is 0 Å². The number of hydrogen-bond acceptors (Lipinski definition) is 7. The summed E-state index contributed by atoms with van der Waals surface area (Å²) < 4.78 is 14.2. The van der Waals surface area contributed by atoms with Crippen molar-refractivity contribution in [2.45, 2.75) is 44.7 Å². The van der Waals surface area contributed by atoms with Crippen molar-refractivity contribution in [2.75, 3.05) is 0 Å². The molecule has 0 aliphatic rings. The summed E-state index contributed by atoms with van der Waals surface area (Å²) in [5.41, 5.74) is 6.83. The highest BCUT2D eigenvalue weighted by Crippen LogP contribution is 2.15.